The van der Waals surface area contributed by atoms with E-state index in [1.807, 2.05) is 24.3 Å². The standard InChI is InChI=1S/C20H24N4O3/c1-3-24-13-16(27-18-10-5-4-9-17(18)24)12-23(2)19(25)14-7-6-8-15(11-14)22-20(21)26/h4-11,16H,3,12-13H2,1-2H3,(H3,21,22,26). The molecule has 0 radical (unpaired) electrons. The molecule has 0 aromatic heterocycles. The molecular formula is C20H24N4O3. The van der Waals surface area contributed by atoms with Gasteiger partial charge >= 0.3 is 6.03 Å². The molecule has 1 aliphatic heterocycles. The van der Waals surface area contributed by atoms with Crippen LogP contribution in [0.3, 0.4) is 0 Å². The molecule has 0 saturated carbocycles. The molecule has 1 aliphatic rings. The molecule has 1 atom stereocenters. The van der Waals surface area contributed by atoms with E-state index in [0.717, 1.165) is 18.0 Å². The topological polar surface area (TPSA) is 87.9 Å². The molecule has 2 aromatic rings. The van der Waals surface area contributed by atoms with Gasteiger partial charge in [-0.1, -0.05) is 18.2 Å². The lowest BCUT2D eigenvalue weighted by Crippen LogP contribution is -2.46. The average molecular weight is 368 g/mol. The lowest BCUT2D eigenvalue weighted by Gasteiger charge is -2.37. The van der Waals surface area contributed by atoms with Crippen LogP contribution in [0.1, 0.15) is 17.3 Å². The third-order valence-corrected chi connectivity index (χ3v) is 4.51. The lowest BCUT2D eigenvalue weighted by atomic mass is 10.1. The first-order valence-corrected chi connectivity index (χ1v) is 8.90. The normalized spacial score (nSPS) is 15.5. The van der Waals surface area contributed by atoms with E-state index >= 15 is 0 Å². The highest BCUT2D eigenvalue weighted by atomic mass is 16.5. The number of ether oxygens (including phenoxy) is 1. The van der Waals surface area contributed by atoms with Crippen molar-refractivity contribution < 1.29 is 14.3 Å². The van der Waals surface area contributed by atoms with Crippen LogP contribution in [0.4, 0.5) is 16.2 Å². The average Bonchev–Trinajstić information content (AvgIpc) is 2.66. The number of hydrogen-bond donors (Lipinski definition) is 2. The van der Waals surface area contributed by atoms with Gasteiger partial charge in [0.1, 0.15) is 11.9 Å². The zero-order valence-electron chi connectivity index (χ0n) is 15.5. The Hall–Kier alpha value is -3.22. The van der Waals surface area contributed by atoms with Crippen molar-refractivity contribution in [1.29, 1.82) is 0 Å². The van der Waals surface area contributed by atoms with Gasteiger partial charge in [0.2, 0.25) is 0 Å². The number of carbonyl (C=O) groups excluding carboxylic acids is 2. The molecule has 142 valence electrons. The molecule has 3 rings (SSSR count). The van der Waals surface area contributed by atoms with Gasteiger partial charge in [0, 0.05) is 24.8 Å². The van der Waals surface area contributed by atoms with Gasteiger partial charge in [0.15, 0.2) is 0 Å². The number of para-hydroxylation sites is 2. The predicted octanol–water partition coefficient (Wildman–Crippen LogP) is 2.54. The van der Waals surface area contributed by atoms with Crippen molar-refractivity contribution >= 4 is 23.3 Å². The number of carbonyl (C=O) groups is 2. The molecule has 3 amide bonds. The van der Waals surface area contributed by atoms with E-state index in [9.17, 15) is 9.59 Å². The third kappa shape index (κ3) is 4.31. The van der Waals surface area contributed by atoms with Gasteiger partial charge in [-0.15, -0.1) is 0 Å². The number of amides is 3. The zero-order valence-corrected chi connectivity index (χ0v) is 15.5. The SMILES string of the molecule is CCN1CC(CN(C)C(=O)c2cccc(NC(N)=O)c2)Oc2ccccc21. The maximum Gasteiger partial charge on any atom is 0.316 e. The van der Waals surface area contributed by atoms with E-state index in [0.29, 0.717) is 24.3 Å². The number of nitrogens with two attached hydrogens (primary N) is 1. The van der Waals surface area contributed by atoms with Gasteiger partial charge in [0.05, 0.1) is 18.8 Å². The summed E-state index contributed by atoms with van der Waals surface area (Å²) in [5.41, 5.74) is 7.18. The van der Waals surface area contributed by atoms with Crippen molar-refractivity contribution in [2.75, 3.05) is 36.9 Å². The molecule has 3 N–H and O–H groups in total. The number of primary amides is 1. The van der Waals surface area contributed by atoms with Crippen LogP contribution in [0.15, 0.2) is 48.5 Å². The lowest BCUT2D eigenvalue weighted by molar-refractivity contribution is 0.0709. The Balaban J connectivity index is 1.69. The highest BCUT2D eigenvalue weighted by Gasteiger charge is 2.27. The van der Waals surface area contributed by atoms with Crippen LogP contribution >= 0.6 is 0 Å². The minimum Gasteiger partial charge on any atom is -0.485 e. The Kier molecular flexibility index (Phi) is 5.49. The summed E-state index contributed by atoms with van der Waals surface area (Å²) in [5, 5.41) is 2.48. The van der Waals surface area contributed by atoms with Crippen LogP contribution in [0.25, 0.3) is 0 Å². The Bertz CT molecular complexity index is 839. The molecule has 7 nitrogen and oxygen atoms in total. The first-order chi connectivity index (χ1) is 13.0. The quantitative estimate of drug-likeness (QED) is 0.849. The summed E-state index contributed by atoms with van der Waals surface area (Å²) in [6.07, 6.45) is -0.124. The molecule has 27 heavy (non-hydrogen) atoms. The number of hydrogen-bond acceptors (Lipinski definition) is 4. The second kappa shape index (κ2) is 7.99. The van der Waals surface area contributed by atoms with E-state index in [2.05, 4.69) is 17.1 Å². The number of rotatable bonds is 5. The van der Waals surface area contributed by atoms with Crippen molar-refractivity contribution in [3.63, 3.8) is 0 Å². The largest absolute Gasteiger partial charge is 0.485 e. The molecular weight excluding hydrogens is 344 g/mol. The molecule has 1 heterocycles. The maximum absolute atomic E-state index is 12.8. The monoisotopic (exact) mass is 368 g/mol. The van der Waals surface area contributed by atoms with Crippen molar-refractivity contribution in [2.45, 2.75) is 13.0 Å². The molecule has 2 aromatic carbocycles. The van der Waals surface area contributed by atoms with Crippen molar-refractivity contribution in [2.24, 2.45) is 5.73 Å². The summed E-state index contributed by atoms with van der Waals surface area (Å²) < 4.78 is 6.09. The minimum atomic E-state index is -0.665. The fourth-order valence-electron chi connectivity index (χ4n) is 3.25. The van der Waals surface area contributed by atoms with Gasteiger partial charge in [-0.25, -0.2) is 4.79 Å². The minimum absolute atomic E-state index is 0.124. The summed E-state index contributed by atoms with van der Waals surface area (Å²) in [7, 11) is 1.75. The van der Waals surface area contributed by atoms with E-state index in [1.54, 1.807) is 36.2 Å². The highest BCUT2D eigenvalue weighted by Crippen LogP contribution is 2.32. The van der Waals surface area contributed by atoms with Crippen LogP contribution in [0.5, 0.6) is 5.75 Å². The van der Waals surface area contributed by atoms with Gasteiger partial charge in [0.25, 0.3) is 5.91 Å². The second-order valence-corrected chi connectivity index (χ2v) is 6.50. The number of urea groups is 1. The Morgan fingerprint density at radius 3 is 2.78 bits per heavy atom. The van der Waals surface area contributed by atoms with E-state index < -0.39 is 6.03 Å². The van der Waals surface area contributed by atoms with Crippen molar-refractivity contribution in [1.82, 2.24) is 4.90 Å². The predicted molar refractivity (Wildman–Crippen MR) is 105 cm³/mol. The van der Waals surface area contributed by atoms with Crippen molar-refractivity contribution in [3.05, 3.63) is 54.1 Å². The maximum atomic E-state index is 12.8. The summed E-state index contributed by atoms with van der Waals surface area (Å²) in [6.45, 7) is 4.15. The molecule has 0 fully saturated rings. The highest BCUT2D eigenvalue weighted by molar-refractivity contribution is 5.96. The van der Waals surface area contributed by atoms with Crippen LogP contribution < -0.4 is 20.7 Å². The first kappa shape index (κ1) is 18.6. The number of nitrogens with one attached hydrogen (secondary N) is 1. The number of fused-ring (bicyclic) bond motifs is 1. The number of nitrogens with zero attached hydrogens (tertiary/aromatic N) is 2. The van der Waals surface area contributed by atoms with E-state index in [4.69, 9.17) is 10.5 Å². The number of anilines is 2. The van der Waals surface area contributed by atoms with Crippen LogP contribution in [-0.2, 0) is 0 Å². The molecule has 0 bridgehead atoms. The Morgan fingerprint density at radius 1 is 1.26 bits per heavy atom. The van der Waals surface area contributed by atoms with Gasteiger partial charge in [-0.05, 0) is 37.3 Å². The molecule has 0 saturated heterocycles. The van der Waals surface area contributed by atoms with Gasteiger partial charge in [-0.2, -0.15) is 0 Å². The zero-order chi connectivity index (χ0) is 19.4. The first-order valence-electron chi connectivity index (χ1n) is 8.90. The summed E-state index contributed by atoms with van der Waals surface area (Å²) in [6, 6.07) is 14.0. The fourth-order valence-corrected chi connectivity index (χ4v) is 3.25. The van der Waals surface area contributed by atoms with Crippen LogP contribution in [0.2, 0.25) is 0 Å². The van der Waals surface area contributed by atoms with E-state index in [1.165, 1.54) is 0 Å². The number of benzene rings is 2. The summed E-state index contributed by atoms with van der Waals surface area (Å²) >= 11 is 0. The molecule has 0 spiro atoms. The summed E-state index contributed by atoms with van der Waals surface area (Å²) in [4.78, 5) is 27.7. The molecule has 0 aliphatic carbocycles. The number of likely N-dealkylation sites (N-methyl/N-ethyl adjacent to an activating group) is 2. The van der Waals surface area contributed by atoms with Gasteiger partial charge < -0.3 is 25.6 Å². The van der Waals surface area contributed by atoms with Gasteiger partial charge in [-0.3, -0.25) is 4.79 Å². The van der Waals surface area contributed by atoms with Crippen LogP contribution in [0, 0.1) is 0 Å². The Labute approximate surface area is 158 Å². The summed E-state index contributed by atoms with van der Waals surface area (Å²) in [5.74, 6) is 0.692. The fraction of sp³-hybridized carbons (Fsp3) is 0.300. The van der Waals surface area contributed by atoms with E-state index in [-0.39, 0.29) is 12.0 Å². The molecule has 7 heteroatoms. The van der Waals surface area contributed by atoms with Crippen molar-refractivity contribution in [3.8, 4) is 5.75 Å². The third-order valence-electron chi connectivity index (χ3n) is 4.51. The second-order valence-electron chi connectivity index (χ2n) is 6.50. The van der Waals surface area contributed by atoms with Crippen LogP contribution in [-0.4, -0.2) is 49.6 Å². The smallest absolute Gasteiger partial charge is 0.316 e. The Morgan fingerprint density at radius 2 is 2.04 bits per heavy atom. The molecule has 1 unspecified atom stereocenters.